The molecule has 1 aromatic rings. The molecule has 0 aliphatic heterocycles. The van der Waals surface area contributed by atoms with E-state index in [1.807, 2.05) is 22.6 Å². The molecule has 1 rings (SSSR count). The summed E-state index contributed by atoms with van der Waals surface area (Å²) in [5.41, 5.74) is 5.34. The van der Waals surface area contributed by atoms with Crippen molar-refractivity contribution in [3.63, 3.8) is 0 Å². The first kappa shape index (κ1) is 12.6. The van der Waals surface area contributed by atoms with Gasteiger partial charge in [-0.2, -0.15) is 0 Å². The first-order valence-corrected chi connectivity index (χ1v) is 5.35. The number of aromatic hydroxyl groups is 1. The number of rotatable bonds is 3. The van der Waals surface area contributed by atoms with E-state index in [1.165, 1.54) is 12.1 Å². The summed E-state index contributed by atoms with van der Waals surface area (Å²) < 4.78 is 0.823. The maximum atomic E-state index is 11.6. The van der Waals surface area contributed by atoms with E-state index >= 15 is 0 Å². The maximum absolute atomic E-state index is 11.6. The highest BCUT2D eigenvalue weighted by molar-refractivity contribution is 14.1. The van der Waals surface area contributed by atoms with E-state index in [4.69, 9.17) is 10.9 Å². The molecule has 0 unspecified atom stereocenters. The van der Waals surface area contributed by atoms with Gasteiger partial charge in [-0.15, -0.1) is 0 Å². The van der Waals surface area contributed by atoms with Crippen LogP contribution < -0.4 is 11.1 Å². The Balaban J connectivity index is 2.77. The number of halogens is 1. The van der Waals surface area contributed by atoms with Crippen LogP contribution in [0.3, 0.4) is 0 Å². The Kier molecular flexibility index (Phi) is 4.35. The van der Waals surface area contributed by atoms with Crippen molar-refractivity contribution in [2.75, 3.05) is 6.54 Å². The Hall–Kier alpha value is -1.51. The maximum Gasteiger partial charge on any atom is 0.255 e. The van der Waals surface area contributed by atoms with Gasteiger partial charge in [-0.25, -0.2) is 0 Å². The second-order valence-corrected chi connectivity index (χ2v) is 4.18. The Bertz CT molecular complexity index is 434. The van der Waals surface area contributed by atoms with E-state index in [-0.39, 0.29) is 23.7 Å². The smallest absolute Gasteiger partial charge is 0.255 e. The summed E-state index contributed by atoms with van der Waals surface area (Å²) in [4.78, 5) is 11.6. The molecule has 5 N–H and O–H groups in total. The molecule has 1 aromatic carbocycles. The third kappa shape index (κ3) is 3.26. The second kappa shape index (κ2) is 5.54. The molecule has 0 atom stereocenters. The predicted octanol–water partition coefficient (Wildman–Crippen LogP) is 0.473. The first-order valence-electron chi connectivity index (χ1n) is 4.27. The lowest BCUT2D eigenvalue weighted by Gasteiger charge is -2.06. The van der Waals surface area contributed by atoms with Gasteiger partial charge in [0.05, 0.1) is 12.1 Å². The first-order chi connectivity index (χ1) is 7.54. The van der Waals surface area contributed by atoms with Crippen molar-refractivity contribution >= 4 is 34.3 Å². The van der Waals surface area contributed by atoms with Crippen molar-refractivity contribution < 1.29 is 15.1 Å². The fourth-order valence-corrected chi connectivity index (χ4v) is 1.48. The largest absolute Gasteiger partial charge is 0.507 e. The fraction of sp³-hybridized carbons (Fsp3) is 0.111. The molecule has 0 saturated carbocycles. The zero-order valence-corrected chi connectivity index (χ0v) is 10.3. The molecule has 0 bridgehead atoms. The van der Waals surface area contributed by atoms with E-state index in [2.05, 4.69) is 10.5 Å². The van der Waals surface area contributed by atoms with Gasteiger partial charge in [0, 0.05) is 3.57 Å². The lowest BCUT2D eigenvalue weighted by molar-refractivity contribution is 0.0956. The molecule has 16 heavy (non-hydrogen) atoms. The summed E-state index contributed by atoms with van der Waals surface area (Å²) in [5, 5.41) is 22.8. The van der Waals surface area contributed by atoms with Gasteiger partial charge in [0.1, 0.15) is 5.75 Å². The third-order valence-electron chi connectivity index (χ3n) is 1.76. The molecular weight excluding hydrogens is 325 g/mol. The number of hydrogen-bond donors (Lipinski definition) is 4. The van der Waals surface area contributed by atoms with Gasteiger partial charge in [-0.1, -0.05) is 5.16 Å². The highest BCUT2D eigenvalue weighted by Gasteiger charge is 2.11. The summed E-state index contributed by atoms with van der Waals surface area (Å²) >= 11 is 2.03. The van der Waals surface area contributed by atoms with Crippen LogP contribution in [-0.4, -0.2) is 28.6 Å². The zero-order valence-electron chi connectivity index (χ0n) is 8.14. The van der Waals surface area contributed by atoms with E-state index in [1.54, 1.807) is 6.07 Å². The minimum atomic E-state index is -0.484. The minimum Gasteiger partial charge on any atom is -0.507 e. The number of hydrogen-bond acceptors (Lipinski definition) is 4. The van der Waals surface area contributed by atoms with Crippen LogP contribution in [0.2, 0.25) is 0 Å². The van der Waals surface area contributed by atoms with Gasteiger partial charge in [-0.05, 0) is 40.8 Å². The Morgan fingerprint density at radius 1 is 1.56 bits per heavy atom. The number of amidine groups is 1. The topological polar surface area (TPSA) is 108 Å². The number of oxime groups is 1. The molecule has 0 heterocycles. The molecule has 0 spiro atoms. The van der Waals surface area contributed by atoms with Crippen molar-refractivity contribution in [2.24, 2.45) is 10.9 Å². The van der Waals surface area contributed by atoms with E-state index < -0.39 is 5.91 Å². The van der Waals surface area contributed by atoms with Crippen molar-refractivity contribution in [1.82, 2.24) is 5.32 Å². The van der Waals surface area contributed by atoms with E-state index in [0.717, 1.165) is 3.57 Å². The highest BCUT2D eigenvalue weighted by atomic mass is 127. The quantitative estimate of drug-likeness (QED) is 0.212. The molecule has 0 saturated heterocycles. The average Bonchev–Trinajstić information content (AvgIpc) is 2.28. The van der Waals surface area contributed by atoms with Crippen LogP contribution in [0.4, 0.5) is 0 Å². The molecule has 7 heteroatoms. The molecule has 0 fully saturated rings. The monoisotopic (exact) mass is 335 g/mol. The van der Waals surface area contributed by atoms with Crippen molar-refractivity contribution in [3.05, 3.63) is 27.3 Å². The molecular formula is C9H10IN3O3. The van der Waals surface area contributed by atoms with Crippen LogP contribution in [0, 0.1) is 3.57 Å². The lowest BCUT2D eigenvalue weighted by Crippen LogP contribution is -2.33. The normalized spacial score (nSPS) is 11.2. The summed E-state index contributed by atoms with van der Waals surface area (Å²) in [6.07, 6.45) is 0. The van der Waals surface area contributed by atoms with Crippen molar-refractivity contribution in [1.29, 1.82) is 0 Å². The van der Waals surface area contributed by atoms with Crippen LogP contribution in [0.25, 0.3) is 0 Å². The number of carbonyl (C=O) groups excluding carboxylic acids is 1. The zero-order chi connectivity index (χ0) is 12.1. The van der Waals surface area contributed by atoms with Gasteiger partial charge < -0.3 is 21.4 Å². The van der Waals surface area contributed by atoms with Gasteiger partial charge in [0.2, 0.25) is 0 Å². The predicted molar refractivity (Wildman–Crippen MR) is 66.6 cm³/mol. The number of nitrogens with two attached hydrogens (primary N) is 1. The van der Waals surface area contributed by atoms with Crippen LogP contribution in [0.15, 0.2) is 23.4 Å². The fourth-order valence-electron chi connectivity index (χ4n) is 0.992. The number of carbonyl (C=O) groups is 1. The van der Waals surface area contributed by atoms with Crippen molar-refractivity contribution in [3.8, 4) is 5.75 Å². The summed E-state index contributed by atoms with van der Waals surface area (Å²) in [6.45, 7) is -0.0831. The second-order valence-electron chi connectivity index (χ2n) is 2.94. The minimum absolute atomic E-state index is 0.0831. The van der Waals surface area contributed by atoms with E-state index in [9.17, 15) is 9.90 Å². The van der Waals surface area contributed by atoms with E-state index in [0.29, 0.717) is 0 Å². The van der Waals surface area contributed by atoms with Crippen LogP contribution >= 0.6 is 22.6 Å². The molecule has 86 valence electrons. The SMILES string of the molecule is N/C(CNC(=O)c1cc(I)ccc1O)=N/O. The summed E-state index contributed by atoms with van der Waals surface area (Å²) in [6, 6.07) is 4.65. The Morgan fingerprint density at radius 2 is 2.25 bits per heavy atom. The molecule has 0 radical (unpaired) electrons. The molecule has 0 aromatic heterocycles. The van der Waals surface area contributed by atoms with Crippen LogP contribution in [0.1, 0.15) is 10.4 Å². The van der Waals surface area contributed by atoms with Gasteiger partial charge >= 0.3 is 0 Å². The number of phenolic OH excluding ortho intramolecular Hbond substituents is 1. The average molecular weight is 335 g/mol. The van der Waals surface area contributed by atoms with Crippen LogP contribution in [-0.2, 0) is 0 Å². The highest BCUT2D eigenvalue weighted by Crippen LogP contribution is 2.19. The van der Waals surface area contributed by atoms with Gasteiger partial charge in [0.25, 0.3) is 5.91 Å². The summed E-state index contributed by atoms with van der Waals surface area (Å²) in [7, 11) is 0. The number of nitrogens with zero attached hydrogens (tertiary/aromatic N) is 1. The third-order valence-corrected chi connectivity index (χ3v) is 2.43. The number of amides is 1. The Morgan fingerprint density at radius 3 is 2.88 bits per heavy atom. The number of phenols is 1. The standard InChI is InChI=1S/C9H10IN3O3/c10-5-1-2-7(14)6(3-5)9(15)12-4-8(11)13-16/h1-3,14,16H,4H2,(H2,11,13)(H,12,15). The molecule has 6 nitrogen and oxygen atoms in total. The summed E-state index contributed by atoms with van der Waals surface area (Å²) in [5.74, 6) is -0.710. The van der Waals surface area contributed by atoms with Gasteiger partial charge in [-0.3, -0.25) is 4.79 Å². The molecule has 0 aliphatic carbocycles. The van der Waals surface area contributed by atoms with Gasteiger partial charge in [0.15, 0.2) is 5.84 Å². The number of benzene rings is 1. The lowest BCUT2D eigenvalue weighted by atomic mass is 10.2. The molecule has 1 amide bonds. The molecule has 0 aliphatic rings. The van der Waals surface area contributed by atoms with Crippen LogP contribution in [0.5, 0.6) is 5.75 Å². The van der Waals surface area contributed by atoms with Crippen molar-refractivity contribution in [2.45, 2.75) is 0 Å². The Labute approximate surface area is 105 Å². The number of nitrogens with one attached hydrogen (secondary N) is 1.